The number of benzene rings is 1. The average Bonchev–Trinajstić information content (AvgIpc) is 2.36. The van der Waals surface area contributed by atoms with Crippen molar-refractivity contribution in [1.29, 1.82) is 0 Å². The van der Waals surface area contributed by atoms with Crippen molar-refractivity contribution in [1.82, 2.24) is 0 Å². The van der Waals surface area contributed by atoms with E-state index in [1.807, 2.05) is 0 Å². The van der Waals surface area contributed by atoms with Gasteiger partial charge in [0.05, 0.1) is 18.0 Å². The van der Waals surface area contributed by atoms with Gasteiger partial charge in [-0.2, -0.15) is 0 Å². The van der Waals surface area contributed by atoms with Gasteiger partial charge >= 0.3 is 5.69 Å². The van der Waals surface area contributed by atoms with Crippen LogP contribution >= 0.6 is 0 Å². The molecule has 0 saturated carbocycles. The number of nitrogens with zero attached hydrogens (tertiary/aromatic N) is 2. The van der Waals surface area contributed by atoms with Gasteiger partial charge in [0.1, 0.15) is 11.4 Å². The molecule has 21 heavy (non-hydrogen) atoms. The van der Waals surface area contributed by atoms with E-state index in [0.717, 1.165) is 0 Å². The molecule has 0 unspecified atom stereocenters. The monoisotopic (exact) mass is 295 g/mol. The number of nitrogens with two attached hydrogens (primary N) is 2. The summed E-state index contributed by atoms with van der Waals surface area (Å²) in [5, 5.41) is 14.2. The second kappa shape index (κ2) is 7.08. The number of para-hydroxylation sites is 1. The van der Waals surface area contributed by atoms with E-state index in [-0.39, 0.29) is 24.5 Å². The summed E-state index contributed by atoms with van der Waals surface area (Å²) in [5.41, 5.74) is 10.4. The molecule has 114 valence electrons. The van der Waals surface area contributed by atoms with Crippen molar-refractivity contribution in [2.45, 2.75) is 6.92 Å². The lowest BCUT2D eigenvalue weighted by Crippen LogP contribution is -2.40. The molecule has 1 aromatic carbocycles. The first-order chi connectivity index (χ1) is 9.86. The SMILES string of the molecule is CCNc1cccc(N(CC(N)=O)CC(N)=O)c1[N+](=O)[O-]. The highest BCUT2D eigenvalue weighted by Crippen LogP contribution is 2.35. The second-order valence-electron chi connectivity index (χ2n) is 4.25. The molecule has 5 N–H and O–H groups in total. The van der Waals surface area contributed by atoms with Gasteiger partial charge in [-0.3, -0.25) is 19.7 Å². The third kappa shape index (κ3) is 4.34. The molecule has 0 aliphatic carbocycles. The number of nitrogens with one attached hydrogen (secondary N) is 1. The molecule has 2 amide bonds. The van der Waals surface area contributed by atoms with Crippen LogP contribution < -0.4 is 21.7 Å². The molecule has 9 nitrogen and oxygen atoms in total. The Bertz CT molecular complexity index is 545. The minimum absolute atomic E-state index is 0.107. The molecular formula is C12H17N5O4. The first-order valence-electron chi connectivity index (χ1n) is 6.19. The zero-order valence-corrected chi connectivity index (χ0v) is 11.5. The van der Waals surface area contributed by atoms with Crippen LogP contribution in [-0.2, 0) is 9.59 Å². The van der Waals surface area contributed by atoms with E-state index in [1.54, 1.807) is 13.0 Å². The van der Waals surface area contributed by atoms with Crippen LogP contribution in [0.15, 0.2) is 18.2 Å². The number of nitro groups is 1. The highest BCUT2D eigenvalue weighted by molar-refractivity contribution is 5.88. The number of primary amides is 2. The van der Waals surface area contributed by atoms with Crippen molar-refractivity contribution < 1.29 is 14.5 Å². The first kappa shape index (κ1) is 16.2. The molecule has 0 fully saturated rings. The zero-order chi connectivity index (χ0) is 16.0. The molecule has 0 radical (unpaired) electrons. The largest absolute Gasteiger partial charge is 0.380 e. The Labute approximate surface area is 121 Å². The van der Waals surface area contributed by atoms with E-state index in [4.69, 9.17) is 11.5 Å². The fraction of sp³-hybridized carbons (Fsp3) is 0.333. The van der Waals surface area contributed by atoms with Gasteiger partial charge in [-0.1, -0.05) is 6.07 Å². The molecule has 0 spiro atoms. The molecule has 0 atom stereocenters. The summed E-state index contributed by atoms with van der Waals surface area (Å²) in [6.07, 6.45) is 0. The van der Waals surface area contributed by atoms with Gasteiger partial charge in [0.15, 0.2) is 0 Å². The summed E-state index contributed by atoms with van der Waals surface area (Å²) < 4.78 is 0. The molecule has 0 heterocycles. The van der Waals surface area contributed by atoms with Crippen LogP contribution in [0.4, 0.5) is 17.1 Å². The maximum atomic E-state index is 11.3. The summed E-state index contributed by atoms with van der Waals surface area (Å²) in [5.74, 6) is -1.45. The Morgan fingerprint density at radius 1 is 1.29 bits per heavy atom. The van der Waals surface area contributed by atoms with Crippen molar-refractivity contribution in [3.8, 4) is 0 Å². The van der Waals surface area contributed by atoms with Crippen molar-refractivity contribution in [3.63, 3.8) is 0 Å². The van der Waals surface area contributed by atoms with Gasteiger partial charge < -0.3 is 21.7 Å². The fourth-order valence-electron chi connectivity index (χ4n) is 1.91. The van der Waals surface area contributed by atoms with Gasteiger partial charge in [0, 0.05) is 6.54 Å². The van der Waals surface area contributed by atoms with Gasteiger partial charge in [-0.25, -0.2) is 0 Å². The standard InChI is InChI=1S/C12H17N5O4/c1-2-15-8-4-3-5-9(12(8)17(20)21)16(6-10(13)18)7-11(14)19/h3-5,15H,2,6-7H2,1H3,(H2,13,18)(H2,14,19). The van der Waals surface area contributed by atoms with Crippen molar-refractivity contribution >= 4 is 28.9 Å². The Morgan fingerprint density at radius 2 is 1.86 bits per heavy atom. The molecule has 0 aliphatic rings. The van der Waals surface area contributed by atoms with Crippen LogP contribution in [0.1, 0.15) is 6.92 Å². The number of amides is 2. The molecule has 0 saturated heterocycles. The molecule has 0 aliphatic heterocycles. The van der Waals surface area contributed by atoms with E-state index >= 15 is 0 Å². The summed E-state index contributed by atoms with van der Waals surface area (Å²) in [7, 11) is 0. The molecule has 1 rings (SSSR count). The van der Waals surface area contributed by atoms with Crippen molar-refractivity contribution in [2.24, 2.45) is 11.5 Å². The third-order valence-electron chi connectivity index (χ3n) is 2.60. The number of hydrogen-bond donors (Lipinski definition) is 3. The number of carbonyl (C=O) groups is 2. The second-order valence-corrected chi connectivity index (χ2v) is 4.25. The highest BCUT2D eigenvalue weighted by atomic mass is 16.6. The zero-order valence-electron chi connectivity index (χ0n) is 11.5. The summed E-state index contributed by atoms with van der Waals surface area (Å²) >= 11 is 0. The Morgan fingerprint density at radius 3 is 2.29 bits per heavy atom. The van der Waals surface area contributed by atoms with E-state index in [2.05, 4.69) is 5.32 Å². The van der Waals surface area contributed by atoms with E-state index in [1.165, 1.54) is 17.0 Å². The van der Waals surface area contributed by atoms with Gasteiger partial charge in [0.2, 0.25) is 11.8 Å². The van der Waals surface area contributed by atoms with Crippen LogP contribution in [0.2, 0.25) is 0 Å². The highest BCUT2D eigenvalue weighted by Gasteiger charge is 2.25. The Kier molecular flexibility index (Phi) is 5.47. The summed E-state index contributed by atoms with van der Waals surface area (Å²) in [6, 6.07) is 4.55. The maximum absolute atomic E-state index is 11.3. The molecule has 0 bridgehead atoms. The normalized spacial score (nSPS) is 9.95. The van der Waals surface area contributed by atoms with E-state index in [9.17, 15) is 19.7 Å². The number of carbonyl (C=O) groups excluding carboxylic acids is 2. The van der Waals surface area contributed by atoms with Gasteiger partial charge in [0.25, 0.3) is 0 Å². The van der Waals surface area contributed by atoms with Crippen molar-refractivity contribution in [2.75, 3.05) is 29.9 Å². The van der Waals surface area contributed by atoms with E-state index in [0.29, 0.717) is 12.2 Å². The van der Waals surface area contributed by atoms with Crippen LogP contribution in [0.5, 0.6) is 0 Å². The van der Waals surface area contributed by atoms with Crippen molar-refractivity contribution in [3.05, 3.63) is 28.3 Å². The predicted molar refractivity (Wildman–Crippen MR) is 77.9 cm³/mol. The summed E-state index contributed by atoms with van der Waals surface area (Å²) in [6.45, 7) is 1.58. The number of anilines is 2. The minimum Gasteiger partial charge on any atom is -0.380 e. The van der Waals surface area contributed by atoms with E-state index < -0.39 is 16.7 Å². The quantitative estimate of drug-likeness (QED) is 0.447. The Balaban J connectivity index is 3.34. The molecule has 9 heteroatoms. The number of nitro benzene ring substituents is 1. The summed E-state index contributed by atoms with van der Waals surface area (Å²) in [4.78, 5) is 34.1. The molecular weight excluding hydrogens is 278 g/mol. The van der Waals surface area contributed by atoms with Gasteiger partial charge in [-0.15, -0.1) is 0 Å². The van der Waals surface area contributed by atoms with Crippen LogP contribution in [0, 0.1) is 10.1 Å². The van der Waals surface area contributed by atoms with Crippen LogP contribution in [-0.4, -0.2) is 36.4 Å². The number of rotatable bonds is 8. The number of hydrogen-bond acceptors (Lipinski definition) is 6. The lowest BCUT2D eigenvalue weighted by molar-refractivity contribution is -0.383. The maximum Gasteiger partial charge on any atom is 0.315 e. The van der Waals surface area contributed by atoms with Crippen LogP contribution in [0.25, 0.3) is 0 Å². The lowest BCUT2D eigenvalue weighted by atomic mass is 10.2. The molecule has 0 aromatic heterocycles. The Hall–Kier alpha value is -2.84. The first-order valence-corrected chi connectivity index (χ1v) is 6.19. The van der Waals surface area contributed by atoms with Gasteiger partial charge in [-0.05, 0) is 19.1 Å². The minimum atomic E-state index is -0.723. The van der Waals surface area contributed by atoms with Crippen LogP contribution in [0.3, 0.4) is 0 Å². The smallest absolute Gasteiger partial charge is 0.315 e. The predicted octanol–water partition coefficient (Wildman–Crippen LogP) is -0.196. The molecule has 1 aromatic rings. The third-order valence-corrected chi connectivity index (χ3v) is 2.60. The average molecular weight is 295 g/mol. The lowest BCUT2D eigenvalue weighted by Gasteiger charge is -2.22. The fourth-order valence-corrected chi connectivity index (χ4v) is 1.91. The topological polar surface area (TPSA) is 145 Å².